The van der Waals surface area contributed by atoms with Crippen molar-refractivity contribution in [1.29, 1.82) is 0 Å². The summed E-state index contributed by atoms with van der Waals surface area (Å²) in [6, 6.07) is 12.7. The molecule has 0 amide bonds. The number of aromatic nitrogens is 2. The first-order chi connectivity index (χ1) is 17.2. The highest BCUT2D eigenvalue weighted by molar-refractivity contribution is 5.74. The fourth-order valence-electron chi connectivity index (χ4n) is 6.65. The lowest BCUT2D eigenvalue weighted by Crippen LogP contribution is -2.46. The Balaban J connectivity index is 1.24. The Morgan fingerprint density at radius 2 is 1.69 bits per heavy atom. The number of hydrogen-bond donors (Lipinski definition) is 2. The third kappa shape index (κ3) is 6.01. The van der Waals surface area contributed by atoms with Gasteiger partial charge in [0.15, 0.2) is 0 Å². The van der Waals surface area contributed by atoms with Gasteiger partial charge in [-0.3, -0.25) is 9.69 Å². The van der Waals surface area contributed by atoms with E-state index in [1.54, 1.807) is 12.4 Å². The summed E-state index contributed by atoms with van der Waals surface area (Å²) in [6.07, 6.45) is 11.4. The van der Waals surface area contributed by atoms with E-state index < -0.39 is 5.97 Å². The minimum atomic E-state index is -0.626. The number of nitrogens with one attached hydrogen (secondary N) is 1. The van der Waals surface area contributed by atoms with Crippen molar-refractivity contribution in [1.82, 2.24) is 19.8 Å². The van der Waals surface area contributed by atoms with Crippen LogP contribution < -0.4 is 5.32 Å². The second-order valence-corrected chi connectivity index (χ2v) is 10.7. The largest absolute Gasteiger partial charge is 0.480 e. The van der Waals surface area contributed by atoms with Gasteiger partial charge in [0.05, 0.1) is 0 Å². The molecule has 3 fully saturated rings. The summed E-state index contributed by atoms with van der Waals surface area (Å²) in [5, 5.41) is 13.7. The van der Waals surface area contributed by atoms with E-state index in [2.05, 4.69) is 55.4 Å². The number of carbonyl (C=O) groups is 1. The molecule has 1 aromatic carbocycles. The van der Waals surface area contributed by atoms with Crippen molar-refractivity contribution in [3.63, 3.8) is 0 Å². The molecule has 5 rings (SSSR count). The van der Waals surface area contributed by atoms with Crippen LogP contribution in [0.1, 0.15) is 56.4 Å². The molecule has 7 nitrogen and oxygen atoms in total. The number of hydrogen-bond acceptors (Lipinski definition) is 6. The number of piperidine rings is 1. The van der Waals surface area contributed by atoms with Crippen LogP contribution in [0.3, 0.4) is 0 Å². The highest BCUT2D eigenvalue weighted by atomic mass is 16.4. The number of carboxylic acid groups (broad SMARTS) is 1. The molecular weight excluding hydrogens is 438 g/mol. The molecule has 2 aliphatic heterocycles. The maximum Gasteiger partial charge on any atom is 0.321 e. The van der Waals surface area contributed by atoms with Crippen LogP contribution in [0.15, 0.2) is 48.8 Å². The molecule has 7 heteroatoms. The molecule has 1 aliphatic carbocycles. The Kier molecular flexibility index (Phi) is 7.94. The number of anilines is 1. The Labute approximate surface area is 209 Å². The van der Waals surface area contributed by atoms with Crippen LogP contribution in [0.4, 0.5) is 5.95 Å². The fraction of sp³-hybridized carbons (Fsp3) is 0.607. The molecule has 2 aromatic rings. The van der Waals surface area contributed by atoms with Gasteiger partial charge in [0, 0.05) is 57.1 Å². The quantitative estimate of drug-likeness (QED) is 0.592. The summed E-state index contributed by atoms with van der Waals surface area (Å²) in [4.78, 5) is 26.0. The maximum atomic E-state index is 12.4. The van der Waals surface area contributed by atoms with Crippen molar-refractivity contribution in [2.45, 2.75) is 62.9 Å². The summed E-state index contributed by atoms with van der Waals surface area (Å²) in [6.45, 7) is 4.86. The third-order valence-electron chi connectivity index (χ3n) is 8.42. The van der Waals surface area contributed by atoms with Gasteiger partial charge in [-0.25, -0.2) is 9.97 Å². The molecule has 0 bridgehead atoms. The average molecular weight is 478 g/mol. The molecular formula is C28H39N5O2. The van der Waals surface area contributed by atoms with Crippen LogP contribution in [0.5, 0.6) is 0 Å². The molecule has 0 unspecified atom stereocenters. The Morgan fingerprint density at radius 1 is 0.971 bits per heavy atom. The van der Waals surface area contributed by atoms with Crippen LogP contribution in [0.2, 0.25) is 0 Å². The minimum absolute atomic E-state index is 0.290. The van der Waals surface area contributed by atoms with Crippen molar-refractivity contribution in [3.8, 4) is 0 Å². The van der Waals surface area contributed by atoms with Crippen molar-refractivity contribution < 1.29 is 9.90 Å². The molecule has 188 valence electrons. The molecule has 0 spiro atoms. The Bertz CT molecular complexity index is 929. The van der Waals surface area contributed by atoms with E-state index in [0.29, 0.717) is 29.7 Å². The second-order valence-electron chi connectivity index (χ2n) is 10.7. The topological polar surface area (TPSA) is 81.6 Å². The zero-order valence-electron chi connectivity index (χ0n) is 20.6. The zero-order chi connectivity index (χ0) is 24.0. The molecule has 3 atom stereocenters. The predicted octanol–water partition coefficient (Wildman–Crippen LogP) is 4.10. The number of nitrogens with zero attached hydrogens (tertiary/aromatic N) is 4. The number of carboxylic acids is 1. The number of benzene rings is 1. The smallest absolute Gasteiger partial charge is 0.321 e. The lowest BCUT2D eigenvalue weighted by Gasteiger charge is -2.35. The summed E-state index contributed by atoms with van der Waals surface area (Å²) >= 11 is 0. The molecule has 1 aromatic heterocycles. The van der Waals surface area contributed by atoms with Gasteiger partial charge in [0.1, 0.15) is 6.04 Å². The third-order valence-corrected chi connectivity index (χ3v) is 8.42. The molecule has 35 heavy (non-hydrogen) atoms. The van der Waals surface area contributed by atoms with Crippen LogP contribution in [-0.4, -0.2) is 75.7 Å². The standard InChI is InChI=1S/C28H39N5O2/c34-27(35)26(22-10-5-2-6-11-22)33-19-23(25(20-33)21-8-3-1-4-9-21)18-32-16-12-24(13-17-32)31-28-29-14-7-15-30-28/h1,3-4,7-9,14-15,22-26H,2,5-6,10-13,16-20H2,(H,34,35)(H,29,30,31)/t23-,25+,26+/m0/s1. The van der Waals surface area contributed by atoms with Gasteiger partial charge < -0.3 is 15.3 Å². The summed E-state index contributed by atoms with van der Waals surface area (Å²) in [7, 11) is 0. The SMILES string of the molecule is O=C(O)[C@@H](C1CCCCC1)N1C[C@H](CN2CCC(Nc3ncccn3)CC2)[C@@H](c2ccccc2)C1. The van der Waals surface area contributed by atoms with Crippen molar-refractivity contribution in [2.75, 3.05) is 38.0 Å². The Morgan fingerprint density at radius 3 is 2.37 bits per heavy atom. The van der Waals surface area contributed by atoms with E-state index in [1.165, 1.54) is 24.8 Å². The minimum Gasteiger partial charge on any atom is -0.480 e. The molecule has 1 saturated carbocycles. The highest BCUT2D eigenvalue weighted by Crippen LogP contribution is 2.38. The molecule has 2 N–H and O–H groups in total. The van der Waals surface area contributed by atoms with Crippen molar-refractivity contribution >= 4 is 11.9 Å². The number of likely N-dealkylation sites (tertiary alicyclic amines) is 2. The summed E-state index contributed by atoms with van der Waals surface area (Å²) in [5.41, 5.74) is 1.35. The maximum absolute atomic E-state index is 12.4. The molecule has 3 heterocycles. The lowest BCUT2D eigenvalue weighted by molar-refractivity contribution is -0.145. The van der Waals surface area contributed by atoms with E-state index in [1.807, 2.05) is 6.07 Å². The first-order valence-corrected chi connectivity index (χ1v) is 13.4. The van der Waals surface area contributed by atoms with E-state index >= 15 is 0 Å². The van der Waals surface area contributed by atoms with E-state index in [9.17, 15) is 9.90 Å². The van der Waals surface area contributed by atoms with Gasteiger partial charge in [-0.05, 0) is 49.1 Å². The van der Waals surface area contributed by atoms with Gasteiger partial charge in [0.25, 0.3) is 0 Å². The summed E-state index contributed by atoms with van der Waals surface area (Å²) in [5.74, 6) is 1.21. The van der Waals surface area contributed by atoms with Gasteiger partial charge in [0.2, 0.25) is 5.95 Å². The van der Waals surface area contributed by atoms with E-state index in [4.69, 9.17) is 0 Å². The average Bonchev–Trinajstić information content (AvgIpc) is 3.30. The van der Waals surface area contributed by atoms with Gasteiger partial charge in [-0.15, -0.1) is 0 Å². The molecule has 0 radical (unpaired) electrons. The first-order valence-electron chi connectivity index (χ1n) is 13.4. The number of rotatable bonds is 8. The van der Waals surface area contributed by atoms with Crippen molar-refractivity contribution in [2.24, 2.45) is 11.8 Å². The van der Waals surface area contributed by atoms with E-state index in [-0.39, 0.29) is 6.04 Å². The van der Waals surface area contributed by atoms with Crippen molar-refractivity contribution in [3.05, 3.63) is 54.4 Å². The number of aliphatic carboxylic acids is 1. The summed E-state index contributed by atoms with van der Waals surface area (Å²) < 4.78 is 0. The van der Waals surface area contributed by atoms with Crippen LogP contribution in [-0.2, 0) is 4.79 Å². The van der Waals surface area contributed by atoms with Gasteiger partial charge >= 0.3 is 5.97 Å². The normalized spacial score (nSPS) is 25.9. The highest BCUT2D eigenvalue weighted by Gasteiger charge is 2.43. The van der Waals surface area contributed by atoms with E-state index in [0.717, 1.165) is 58.4 Å². The molecule has 3 aliphatic rings. The second kappa shape index (κ2) is 11.5. The Hall–Kier alpha value is -2.51. The van der Waals surface area contributed by atoms with Gasteiger partial charge in [-0.2, -0.15) is 0 Å². The van der Waals surface area contributed by atoms with Crippen LogP contribution >= 0.6 is 0 Å². The van der Waals surface area contributed by atoms with Crippen LogP contribution in [0.25, 0.3) is 0 Å². The fourth-order valence-corrected chi connectivity index (χ4v) is 6.65. The monoisotopic (exact) mass is 477 g/mol. The lowest BCUT2D eigenvalue weighted by atomic mass is 9.83. The first kappa shape index (κ1) is 24.2. The van der Waals surface area contributed by atoms with Crippen LogP contribution in [0, 0.1) is 11.8 Å². The zero-order valence-corrected chi connectivity index (χ0v) is 20.6. The predicted molar refractivity (Wildman–Crippen MR) is 137 cm³/mol. The van der Waals surface area contributed by atoms with Gasteiger partial charge in [-0.1, -0.05) is 49.6 Å². The molecule has 2 saturated heterocycles.